The van der Waals surface area contributed by atoms with E-state index in [-0.39, 0.29) is 18.4 Å². The van der Waals surface area contributed by atoms with E-state index in [1.165, 1.54) is 11.8 Å². The van der Waals surface area contributed by atoms with Crippen LogP contribution in [-0.4, -0.2) is 34.7 Å². The number of carbonyl (C=O) groups excluding carboxylic acids is 2. The first-order valence-electron chi connectivity index (χ1n) is 12.2. The molecule has 2 aliphatic heterocycles. The van der Waals surface area contributed by atoms with Crippen LogP contribution in [-0.2, 0) is 14.3 Å². The molecule has 2 aliphatic rings. The molecule has 2 aromatic carbocycles. The number of carbonyl (C=O) groups is 2. The molecule has 0 aliphatic carbocycles. The van der Waals surface area contributed by atoms with Gasteiger partial charge in [-0.25, -0.2) is 9.79 Å². The fourth-order valence-corrected chi connectivity index (χ4v) is 5.40. The van der Waals surface area contributed by atoms with Gasteiger partial charge >= 0.3 is 5.97 Å². The number of ether oxygens (including phenoxy) is 2. The molecule has 2 aromatic rings. The molecule has 8 heteroatoms. The second-order valence-corrected chi connectivity index (χ2v) is 10.9. The van der Waals surface area contributed by atoms with Gasteiger partial charge in [-0.3, -0.25) is 4.79 Å². The predicted octanol–water partition coefficient (Wildman–Crippen LogP) is 5.88. The number of methoxy groups -OCH3 is 1. The number of esters is 1. The summed E-state index contributed by atoms with van der Waals surface area (Å²) in [6, 6.07) is 16.7. The number of aliphatic imine (C=N–C) groups is 1. The predicted molar refractivity (Wildman–Crippen MR) is 147 cm³/mol. The van der Waals surface area contributed by atoms with Gasteiger partial charge in [-0.15, -0.1) is 0 Å². The number of allylic oxidation sites excluding steroid dienone is 1. The molecule has 1 N–H and O–H groups in total. The lowest BCUT2D eigenvalue weighted by molar-refractivity contribution is -0.150. The Balaban J connectivity index is 1.68. The van der Waals surface area contributed by atoms with E-state index in [0.717, 1.165) is 16.8 Å². The highest BCUT2D eigenvalue weighted by Crippen LogP contribution is 2.47. The first-order chi connectivity index (χ1) is 17.6. The first-order valence-corrected chi connectivity index (χ1v) is 13.1. The maximum atomic E-state index is 13.5. The average molecular weight is 520 g/mol. The maximum Gasteiger partial charge on any atom is 0.338 e. The zero-order valence-corrected chi connectivity index (χ0v) is 22.9. The third-order valence-corrected chi connectivity index (χ3v) is 6.96. The Bertz CT molecular complexity index is 1280. The summed E-state index contributed by atoms with van der Waals surface area (Å²) in [5.74, 6) is 0.0800. The lowest BCUT2D eigenvalue weighted by Gasteiger charge is -2.37. The molecule has 0 saturated carbocycles. The summed E-state index contributed by atoms with van der Waals surface area (Å²) in [5, 5.41) is 5.72. The normalized spacial score (nSPS) is 18.0. The van der Waals surface area contributed by atoms with Crippen LogP contribution in [0.2, 0.25) is 0 Å². The number of hydrogen-bond donors (Lipinski definition) is 1. The van der Waals surface area contributed by atoms with Gasteiger partial charge in [0.05, 0.1) is 36.9 Å². The van der Waals surface area contributed by atoms with Crippen LogP contribution in [0.5, 0.6) is 5.75 Å². The summed E-state index contributed by atoms with van der Waals surface area (Å²) in [7, 11) is 1.61. The molecule has 4 rings (SSSR count). The SMILES string of the molecule is COc1ccccc1C1C(C(=O)OC(C)(C)C)=C(C)N=C2SC=C(CC(=O)NC(C)c3ccccc3)N21. The Hall–Kier alpha value is -3.52. The van der Waals surface area contributed by atoms with E-state index in [0.29, 0.717) is 22.2 Å². The summed E-state index contributed by atoms with van der Waals surface area (Å²) >= 11 is 1.44. The van der Waals surface area contributed by atoms with Crippen molar-refractivity contribution < 1.29 is 19.1 Å². The molecule has 2 atom stereocenters. The number of para-hydroxylation sites is 1. The Morgan fingerprint density at radius 2 is 1.78 bits per heavy atom. The minimum atomic E-state index is -0.675. The number of amidine groups is 1. The van der Waals surface area contributed by atoms with E-state index in [1.807, 2.05) is 99.5 Å². The van der Waals surface area contributed by atoms with Crippen molar-refractivity contribution in [2.24, 2.45) is 4.99 Å². The highest BCUT2D eigenvalue weighted by Gasteiger charge is 2.43. The zero-order valence-electron chi connectivity index (χ0n) is 22.1. The molecule has 0 spiro atoms. The first kappa shape index (κ1) is 26.5. The Kier molecular flexibility index (Phi) is 7.78. The monoisotopic (exact) mass is 519 g/mol. The Morgan fingerprint density at radius 3 is 2.46 bits per heavy atom. The van der Waals surface area contributed by atoms with Gasteiger partial charge in [0.2, 0.25) is 5.91 Å². The Labute approximate surface area is 222 Å². The Morgan fingerprint density at radius 1 is 1.11 bits per heavy atom. The van der Waals surface area contributed by atoms with Crippen molar-refractivity contribution in [3.8, 4) is 5.75 Å². The van der Waals surface area contributed by atoms with Gasteiger partial charge in [-0.1, -0.05) is 60.3 Å². The van der Waals surface area contributed by atoms with E-state index >= 15 is 0 Å². The second kappa shape index (κ2) is 10.8. The van der Waals surface area contributed by atoms with Crippen LogP contribution < -0.4 is 10.1 Å². The highest BCUT2D eigenvalue weighted by molar-refractivity contribution is 8.16. The maximum absolute atomic E-state index is 13.5. The molecular formula is C29H33N3O4S. The smallest absolute Gasteiger partial charge is 0.338 e. The summed E-state index contributed by atoms with van der Waals surface area (Å²) in [4.78, 5) is 33.3. The van der Waals surface area contributed by atoms with Gasteiger partial charge in [0.1, 0.15) is 11.4 Å². The van der Waals surface area contributed by atoms with Gasteiger partial charge < -0.3 is 19.7 Å². The number of thioether (sulfide) groups is 1. The van der Waals surface area contributed by atoms with Crippen LogP contribution in [0.15, 0.2) is 82.0 Å². The topological polar surface area (TPSA) is 80.2 Å². The quantitative estimate of drug-likeness (QED) is 0.460. The molecule has 0 saturated heterocycles. The molecule has 7 nitrogen and oxygen atoms in total. The summed E-state index contributed by atoms with van der Waals surface area (Å²) < 4.78 is 11.5. The molecule has 1 amide bonds. The van der Waals surface area contributed by atoms with E-state index in [1.54, 1.807) is 7.11 Å². The molecule has 0 radical (unpaired) electrons. The fraction of sp³-hybridized carbons (Fsp3) is 0.345. The van der Waals surface area contributed by atoms with Crippen molar-refractivity contribution in [1.82, 2.24) is 10.2 Å². The second-order valence-electron chi connectivity index (χ2n) is 10.0. The average Bonchev–Trinajstić information content (AvgIpc) is 3.24. The van der Waals surface area contributed by atoms with E-state index in [4.69, 9.17) is 14.5 Å². The number of hydrogen-bond acceptors (Lipinski definition) is 7. The van der Waals surface area contributed by atoms with Gasteiger partial charge in [0.25, 0.3) is 0 Å². The molecule has 37 heavy (non-hydrogen) atoms. The molecule has 2 heterocycles. The molecule has 0 fully saturated rings. The van der Waals surface area contributed by atoms with Gasteiger partial charge in [0, 0.05) is 11.3 Å². The van der Waals surface area contributed by atoms with Gasteiger partial charge in [0.15, 0.2) is 5.17 Å². The summed E-state index contributed by atoms with van der Waals surface area (Å²) in [6.07, 6.45) is 0.134. The standard InChI is InChI=1S/C29H33N3O4S/c1-18(20-12-8-7-9-13-20)30-24(33)16-21-17-37-28-31-19(2)25(27(34)36-29(3,4)5)26(32(21)28)22-14-10-11-15-23(22)35-6/h7-15,17-18,26H,16H2,1-6H3,(H,30,33). The van der Waals surface area contributed by atoms with E-state index in [2.05, 4.69) is 5.32 Å². The third-order valence-electron chi connectivity index (χ3n) is 6.07. The molecule has 0 aromatic heterocycles. The number of amides is 1. The summed E-state index contributed by atoms with van der Waals surface area (Å²) in [5.41, 5.74) is 2.92. The molecule has 194 valence electrons. The van der Waals surface area contributed by atoms with Gasteiger partial charge in [-0.05, 0) is 51.7 Å². The number of benzene rings is 2. The lowest BCUT2D eigenvalue weighted by atomic mass is 9.93. The van der Waals surface area contributed by atoms with Crippen LogP contribution in [0.1, 0.15) is 64.3 Å². The van der Waals surface area contributed by atoms with Crippen LogP contribution in [0.25, 0.3) is 0 Å². The van der Waals surface area contributed by atoms with Crippen LogP contribution in [0.4, 0.5) is 0 Å². The minimum Gasteiger partial charge on any atom is -0.496 e. The molecule has 2 unspecified atom stereocenters. The molecule has 0 bridgehead atoms. The van der Waals surface area contributed by atoms with Crippen molar-refractivity contribution in [2.45, 2.75) is 58.7 Å². The number of fused-ring (bicyclic) bond motifs is 1. The van der Waals surface area contributed by atoms with E-state index in [9.17, 15) is 9.59 Å². The number of nitrogens with one attached hydrogen (secondary N) is 1. The summed E-state index contributed by atoms with van der Waals surface area (Å²) in [6.45, 7) is 9.30. The lowest BCUT2D eigenvalue weighted by Crippen LogP contribution is -2.39. The van der Waals surface area contributed by atoms with Crippen molar-refractivity contribution in [2.75, 3.05) is 7.11 Å². The number of nitrogens with zero attached hydrogens (tertiary/aromatic N) is 2. The van der Waals surface area contributed by atoms with Crippen molar-refractivity contribution >= 4 is 28.8 Å². The van der Waals surface area contributed by atoms with Crippen LogP contribution in [0, 0.1) is 0 Å². The van der Waals surface area contributed by atoms with Crippen molar-refractivity contribution in [3.05, 3.63) is 88.1 Å². The third kappa shape index (κ3) is 5.91. The largest absolute Gasteiger partial charge is 0.496 e. The van der Waals surface area contributed by atoms with Crippen LogP contribution in [0.3, 0.4) is 0 Å². The van der Waals surface area contributed by atoms with E-state index < -0.39 is 17.6 Å². The van der Waals surface area contributed by atoms with Crippen molar-refractivity contribution in [1.29, 1.82) is 0 Å². The van der Waals surface area contributed by atoms with Gasteiger partial charge in [-0.2, -0.15) is 0 Å². The highest BCUT2D eigenvalue weighted by atomic mass is 32.2. The van der Waals surface area contributed by atoms with Crippen molar-refractivity contribution in [3.63, 3.8) is 0 Å². The fourth-order valence-electron chi connectivity index (χ4n) is 4.43. The zero-order chi connectivity index (χ0) is 26.7. The molecular weight excluding hydrogens is 486 g/mol. The van der Waals surface area contributed by atoms with Crippen LogP contribution >= 0.6 is 11.8 Å². The number of rotatable bonds is 7. The minimum absolute atomic E-state index is 0.117.